The summed E-state index contributed by atoms with van der Waals surface area (Å²) in [5.41, 5.74) is 4.38. The quantitative estimate of drug-likeness (QED) is 0.760. The van der Waals surface area contributed by atoms with Crippen molar-refractivity contribution >= 4 is 0 Å². The van der Waals surface area contributed by atoms with E-state index in [1.54, 1.807) is 6.20 Å². The van der Waals surface area contributed by atoms with Crippen molar-refractivity contribution in [1.29, 1.82) is 0 Å². The zero-order valence-corrected chi connectivity index (χ0v) is 11.1. The fraction of sp³-hybridized carbons (Fsp3) is 0.118. The SMILES string of the molecule is OCc1cnc(Cc2ccc(-c3ccccc3)cc2)[nH]1. The Balaban J connectivity index is 1.76. The zero-order chi connectivity index (χ0) is 13.8. The molecule has 0 bridgehead atoms. The minimum absolute atomic E-state index is 0.0000546. The van der Waals surface area contributed by atoms with Gasteiger partial charge in [0.15, 0.2) is 0 Å². The molecule has 0 fully saturated rings. The van der Waals surface area contributed by atoms with Gasteiger partial charge in [-0.25, -0.2) is 4.98 Å². The van der Waals surface area contributed by atoms with Crippen molar-refractivity contribution in [3.8, 4) is 11.1 Å². The van der Waals surface area contributed by atoms with E-state index < -0.39 is 0 Å². The van der Waals surface area contributed by atoms with Crippen molar-refractivity contribution in [1.82, 2.24) is 9.97 Å². The number of benzene rings is 2. The molecule has 0 atom stereocenters. The van der Waals surface area contributed by atoms with Crippen LogP contribution in [0.5, 0.6) is 0 Å². The number of aromatic nitrogens is 2. The molecule has 20 heavy (non-hydrogen) atoms. The molecule has 0 aliphatic heterocycles. The maximum Gasteiger partial charge on any atom is 0.110 e. The van der Waals surface area contributed by atoms with Crippen molar-refractivity contribution in [3.63, 3.8) is 0 Å². The lowest BCUT2D eigenvalue weighted by atomic mass is 10.0. The minimum Gasteiger partial charge on any atom is -0.390 e. The summed E-state index contributed by atoms with van der Waals surface area (Å²) in [6.07, 6.45) is 2.42. The molecule has 1 heterocycles. The van der Waals surface area contributed by atoms with E-state index in [9.17, 15) is 0 Å². The van der Waals surface area contributed by atoms with Crippen LogP contribution in [-0.4, -0.2) is 15.1 Å². The van der Waals surface area contributed by atoms with Crippen LogP contribution in [0.4, 0.5) is 0 Å². The lowest BCUT2D eigenvalue weighted by Crippen LogP contribution is -1.91. The summed E-state index contributed by atoms with van der Waals surface area (Å²) in [5.74, 6) is 0.876. The Morgan fingerprint density at radius 2 is 1.60 bits per heavy atom. The Hall–Kier alpha value is -2.39. The third-order valence-corrected chi connectivity index (χ3v) is 3.28. The molecule has 3 aromatic rings. The molecule has 2 N–H and O–H groups in total. The molecule has 3 heteroatoms. The first-order valence-corrected chi connectivity index (χ1v) is 6.63. The Kier molecular flexibility index (Phi) is 3.61. The number of nitrogens with zero attached hydrogens (tertiary/aromatic N) is 1. The van der Waals surface area contributed by atoms with Gasteiger partial charge in [-0.15, -0.1) is 0 Å². The van der Waals surface area contributed by atoms with Crippen LogP contribution >= 0.6 is 0 Å². The predicted molar refractivity (Wildman–Crippen MR) is 79.2 cm³/mol. The molecule has 3 nitrogen and oxygen atoms in total. The summed E-state index contributed by atoms with van der Waals surface area (Å²) >= 11 is 0. The van der Waals surface area contributed by atoms with Gasteiger partial charge >= 0.3 is 0 Å². The molecular weight excluding hydrogens is 248 g/mol. The summed E-state index contributed by atoms with van der Waals surface area (Å²) in [4.78, 5) is 7.34. The van der Waals surface area contributed by atoms with Gasteiger partial charge in [-0.3, -0.25) is 0 Å². The number of rotatable bonds is 4. The van der Waals surface area contributed by atoms with Crippen molar-refractivity contribution in [2.45, 2.75) is 13.0 Å². The Labute approximate surface area is 117 Å². The van der Waals surface area contributed by atoms with Crippen molar-refractivity contribution < 1.29 is 5.11 Å². The van der Waals surface area contributed by atoms with Crippen LogP contribution in [-0.2, 0) is 13.0 Å². The molecule has 0 saturated heterocycles. The van der Waals surface area contributed by atoms with Crippen LogP contribution in [0.3, 0.4) is 0 Å². The van der Waals surface area contributed by atoms with Gasteiger partial charge in [-0.1, -0.05) is 54.6 Å². The zero-order valence-electron chi connectivity index (χ0n) is 11.1. The lowest BCUT2D eigenvalue weighted by Gasteiger charge is -2.03. The number of imidazole rings is 1. The summed E-state index contributed by atoms with van der Waals surface area (Å²) in [6.45, 7) is -0.0000546. The highest BCUT2D eigenvalue weighted by Crippen LogP contribution is 2.19. The van der Waals surface area contributed by atoms with Crippen molar-refractivity contribution in [2.24, 2.45) is 0 Å². The monoisotopic (exact) mass is 264 g/mol. The number of aromatic amines is 1. The first-order chi connectivity index (χ1) is 9.85. The first kappa shape index (κ1) is 12.6. The topological polar surface area (TPSA) is 48.9 Å². The van der Waals surface area contributed by atoms with Gasteiger partial charge in [0.1, 0.15) is 5.82 Å². The van der Waals surface area contributed by atoms with Crippen molar-refractivity contribution in [2.75, 3.05) is 0 Å². The van der Waals surface area contributed by atoms with Gasteiger partial charge < -0.3 is 10.1 Å². The van der Waals surface area contributed by atoms with Gasteiger partial charge in [0, 0.05) is 6.42 Å². The van der Waals surface area contributed by atoms with Gasteiger partial charge in [0.2, 0.25) is 0 Å². The number of aliphatic hydroxyl groups excluding tert-OH is 1. The number of nitrogens with one attached hydrogen (secondary N) is 1. The number of H-pyrrole nitrogens is 1. The second kappa shape index (κ2) is 5.72. The van der Waals surface area contributed by atoms with E-state index >= 15 is 0 Å². The highest BCUT2D eigenvalue weighted by Gasteiger charge is 2.02. The lowest BCUT2D eigenvalue weighted by molar-refractivity contribution is 0.277. The maximum absolute atomic E-state index is 9.01. The molecule has 3 rings (SSSR count). The summed E-state index contributed by atoms with van der Waals surface area (Å²) in [5, 5.41) is 9.01. The van der Waals surface area contributed by atoms with E-state index in [1.807, 2.05) is 18.2 Å². The van der Waals surface area contributed by atoms with Crippen LogP contribution in [0.1, 0.15) is 17.1 Å². The van der Waals surface area contributed by atoms with Crippen LogP contribution in [0.25, 0.3) is 11.1 Å². The summed E-state index contributed by atoms with van der Waals surface area (Å²) in [6, 6.07) is 18.8. The molecule has 0 saturated carbocycles. The van der Waals surface area contributed by atoms with Crippen LogP contribution in [0, 0.1) is 0 Å². The largest absolute Gasteiger partial charge is 0.390 e. The van der Waals surface area contributed by atoms with Gasteiger partial charge in [-0.05, 0) is 16.7 Å². The molecular formula is C17H16N2O. The molecule has 0 aliphatic rings. The van der Waals surface area contributed by atoms with E-state index in [2.05, 4.69) is 46.4 Å². The van der Waals surface area contributed by atoms with E-state index in [4.69, 9.17) is 5.11 Å². The molecule has 2 aromatic carbocycles. The minimum atomic E-state index is -0.0000546. The molecule has 0 radical (unpaired) electrons. The van der Waals surface area contributed by atoms with Gasteiger partial charge in [0.25, 0.3) is 0 Å². The Bertz CT molecular complexity index is 672. The number of aliphatic hydroxyl groups is 1. The summed E-state index contributed by atoms with van der Waals surface area (Å²) in [7, 11) is 0. The van der Waals surface area contributed by atoms with Gasteiger partial charge in [0.05, 0.1) is 18.5 Å². The Morgan fingerprint density at radius 3 is 2.25 bits per heavy atom. The second-order valence-electron chi connectivity index (χ2n) is 4.75. The molecule has 0 amide bonds. The normalized spacial score (nSPS) is 10.7. The number of hydrogen-bond donors (Lipinski definition) is 2. The fourth-order valence-electron chi connectivity index (χ4n) is 2.21. The average Bonchev–Trinajstić information content (AvgIpc) is 2.97. The third-order valence-electron chi connectivity index (χ3n) is 3.28. The number of hydrogen-bond acceptors (Lipinski definition) is 2. The van der Waals surface area contributed by atoms with Crippen molar-refractivity contribution in [3.05, 3.63) is 77.9 Å². The van der Waals surface area contributed by atoms with E-state index in [-0.39, 0.29) is 6.61 Å². The van der Waals surface area contributed by atoms with Crippen LogP contribution in [0.2, 0.25) is 0 Å². The maximum atomic E-state index is 9.01. The third kappa shape index (κ3) is 2.78. The standard InChI is InChI=1S/C17H16N2O/c20-12-16-11-18-17(19-16)10-13-6-8-15(9-7-13)14-4-2-1-3-5-14/h1-9,11,20H,10,12H2,(H,18,19). The highest BCUT2D eigenvalue weighted by atomic mass is 16.3. The molecule has 0 unspecified atom stereocenters. The Morgan fingerprint density at radius 1 is 0.900 bits per heavy atom. The molecule has 0 aliphatic carbocycles. The first-order valence-electron chi connectivity index (χ1n) is 6.63. The molecule has 1 aromatic heterocycles. The molecule has 100 valence electrons. The second-order valence-corrected chi connectivity index (χ2v) is 4.75. The van der Waals surface area contributed by atoms with Crippen LogP contribution < -0.4 is 0 Å². The van der Waals surface area contributed by atoms with Crippen LogP contribution in [0.15, 0.2) is 60.8 Å². The predicted octanol–water partition coefficient (Wildman–Crippen LogP) is 3.16. The summed E-state index contributed by atoms with van der Waals surface area (Å²) < 4.78 is 0. The van der Waals surface area contributed by atoms with E-state index in [1.165, 1.54) is 16.7 Å². The van der Waals surface area contributed by atoms with E-state index in [0.29, 0.717) is 0 Å². The van der Waals surface area contributed by atoms with E-state index in [0.717, 1.165) is 17.9 Å². The highest BCUT2D eigenvalue weighted by molar-refractivity contribution is 5.63. The smallest absolute Gasteiger partial charge is 0.110 e. The average molecular weight is 264 g/mol. The van der Waals surface area contributed by atoms with Gasteiger partial charge in [-0.2, -0.15) is 0 Å². The fourth-order valence-corrected chi connectivity index (χ4v) is 2.21. The molecule has 0 spiro atoms.